The van der Waals surface area contributed by atoms with Crippen molar-refractivity contribution in [3.63, 3.8) is 0 Å². The lowest BCUT2D eigenvalue weighted by atomic mass is 9.88. The summed E-state index contributed by atoms with van der Waals surface area (Å²) in [6.07, 6.45) is 0.899. The number of aliphatic hydroxyl groups excluding tert-OH is 1. The van der Waals surface area contributed by atoms with Crippen LogP contribution in [-0.2, 0) is 25.9 Å². The number of aromatic hydroxyl groups is 1. The summed E-state index contributed by atoms with van der Waals surface area (Å²) in [6.45, 7) is 0.441. The third kappa shape index (κ3) is 6.76. The summed E-state index contributed by atoms with van der Waals surface area (Å²) < 4.78 is 0. The van der Waals surface area contributed by atoms with Gasteiger partial charge >= 0.3 is 6.03 Å². The summed E-state index contributed by atoms with van der Waals surface area (Å²) in [5, 5.41) is 22.1. The standard InChI is InChI=1S/C34H35N3O4/c35-33(40)28-15-7-13-26(19-28)22-37-31(21-25-11-5-2-6-12-25)32(39)30(18-17-24-9-3-1-4-10-24)36(34(37)41)23-27-14-8-16-29(38)20-27/h1-16,19-20,30-32,38-39H,17-18,21-23H2,(H2,35,40)/t30-,31-,32-/m1/s1. The number of carbonyl (C=O) groups excluding carboxylic acids is 2. The molecule has 0 spiro atoms. The number of nitrogens with zero attached hydrogens (tertiary/aromatic N) is 2. The van der Waals surface area contributed by atoms with Crippen molar-refractivity contribution in [3.8, 4) is 5.75 Å². The number of hydrogen-bond donors (Lipinski definition) is 3. The van der Waals surface area contributed by atoms with Crippen LogP contribution in [0.3, 0.4) is 0 Å². The van der Waals surface area contributed by atoms with Crippen molar-refractivity contribution in [3.05, 3.63) is 137 Å². The maximum Gasteiger partial charge on any atom is 0.321 e. The van der Waals surface area contributed by atoms with E-state index >= 15 is 0 Å². The van der Waals surface area contributed by atoms with Gasteiger partial charge < -0.3 is 25.7 Å². The van der Waals surface area contributed by atoms with Crippen molar-refractivity contribution in [2.75, 3.05) is 0 Å². The van der Waals surface area contributed by atoms with Gasteiger partial charge in [0.2, 0.25) is 5.91 Å². The number of amides is 3. The highest BCUT2D eigenvalue weighted by Gasteiger charge is 2.45. The molecule has 0 bridgehead atoms. The highest BCUT2D eigenvalue weighted by molar-refractivity contribution is 5.92. The average molecular weight is 550 g/mol. The Kier molecular flexibility index (Phi) is 8.65. The Morgan fingerprint density at radius 1 is 0.707 bits per heavy atom. The lowest BCUT2D eigenvalue weighted by Gasteiger charge is -2.49. The van der Waals surface area contributed by atoms with E-state index < -0.39 is 24.1 Å². The molecule has 4 aromatic rings. The van der Waals surface area contributed by atoms with E-state index in [1.807, 2.05) is 60.7 Å². The van der Waals surface area contributed by atoms with E-state index in [-0.39, 0.29) is 24.9 Å². The normalized spacial score (nSPS) is 18.9. The van der Waals surface area contributed by atoms with Crippen molar-refractivity contribution in [1.29, 1.82) is 0 Å². The zero-order chi connectivity index (χ0) is 28.8. The number of phenolic OH excluding ortho intramolecular Hbond substituents is 1. The molecule has 41 heavy (non-hydrogen) atoms. The number of nitrogens with two attached hydrogens (primary N) is 1. The second-order valence-corrected chi connectivity index (χ2v) is 10.6. The first-order chi connectivity index (χ1) is 19.9. The molecule has 1 aliphatic heterocycles. The second kappa shape index (κ2) is 12.7. The van der Waals surface area contributed by atoms with Gasteiger partial charge in [-0.3, -0.25) is 4.79 Å². The Morgan fingerprint density at radius 2 is 1.27 bits per heavy atom. The minimum absolute atomic E-state index is 0.121. The van der Waals surface area contributed by atoms with Crippen LogP contribution in [0.25, 0.3) is 0 Å². The molecule has 0 saturated carbocycles. The molecule has 3 amide bonds. The first-order valence-electron chi connectivity index (χ1n) is 13.9. The Morgan fingerprint density at radius 3 is 1.90 bits per heavy atom. The fraction of sp³-hybridized carbons (Fsp3) is 0.235. The predicted octanol–water partition coefficient (Wildman–Crippen LogP) is 4.90. The van der Waals surface area contributed by atoms with Crippen LogP contribution in [0.15, 0.2) is 109 Å². The summed E-state index contributed by atoms with van der Waals surface area (Å²) in [4.78, 5) is 29.7. The summed E-state index contributed by atoms with van der Waals surface area (Å²) in [5.74, 6) is -0.417. The number of aryl methyl sites for hydroxylation is 1. The fourth-order valence-corrected chi connectivity index (χ4v) is 5.69. The molecule has 5 rings (SSSR count). The van der Waals surface area contributed by atoms with Crippen molar-refractivity contribution in [2.45, 2.75) is 50.5 Å². The van der Waals surface area contributed by atoms with Crippen LogP contribution in [0.1, 0.15) is 39.0 Å². The quantitative estimate of drug-likeness (QED) is 0.262. The van der Waals surface area contributed by atoms with Gasteiger partial charge in [0.1, 0.15) is 5.75 Å². The first-order valence-corrected chi connectivity index (χ1v) is 13.9. The molecule has 7 heteroatoms. The molecular formula is C34H35N3O4. The number of benzene rings is 4. The van der Waals surface area contributed by atoms with Gasteiger partial charge in [0.05, 0.1) is 18.2 Å². The van der Waals surface area contributed by atoms with Crippen molar-refractivity contribution in [1.82, 2.24) is 9.80 Å². The zero-order valence-electron chi connectivity index (χ0n) is 22.8. The number of primary amides is 1. The molecule has 0 radical (unpaired) electrons. The third-order valence-electron chi connectivity index (χ3n) is 7.77. The van der Waals surface area contributed by atoms with E-state index in [9.17, 15) is 19.8 Å². The number of phenols is 1. The van der Waals surface area contributed by atoms with Crippen LogP contribution < -0.4 is 5.73 Å². The number of rotatable bonds is 10. The molecule has 7 nitrogen and oxygen atoms in total. The van der Waals surface area contributed by atoms with E-state index in [4.69, 9.17) is 5.73 Å². The van der Waals surface area contributed by atoms with Gasteiger partial charge in [-0.05, 0) is 65.8 Å². The van der Waals surface area contributed by atoms with Gasteiger partial charge in [-0.2, -0.15) is 0 Å². The molecule has 0 unspecified atom stereocenters. The molecule has 0 aliphatic carbocycles. The minimum atomic E-state index is -0.853. The van der Waals surface area contributed by atoms with Gasteiger partial charge in [0.15, 0.2) is 0 Å². The van der Waals surface area contributed by atoms with Crippen LogP contribution >= 0.6 is 0 Å². The summed E-state index contributed by atoms with van der Waals surface area (Å²) >= 11 is 0. The van der Waals surface area contributed by atoms with Crippen molar-refractivity contribution in [2.24, 2.45) is 5.73 Å². The van der Waals surface area contributed by atoms with E-state index in [1.165, 1.54) is 0 Å². The molecule has 1 heterocycles. The molecular weight excluding hydrogens is 514 g/mol. The van der Waals surface area contributed by atoms with Gasteiger partial charge in [0.25, 0.3) is 0 Å². The van der Waals surface area contributed by atoms with Crippen LogP contribution in [0.5, 0.6) is 5.75 Å². The predicted molar refractivity (Wildman–Crippen MR) is 158 cm³/mol. The van der Waals surface area contributed by atoms with Gasteiger partial charge in [0, 0.05) is 18.7 Å². The number of aliphatic hydroxyl groups is 1. The Bertz CT molecular complexity index is 1480. The van der Waals surface area contributed by atoms with E-state index in [0.717, 1.165) is 22.3 Å². The molecule has 1 saturated heterocycles. The molecule has 4 aromatic carbocycles. The maximum atomic E-state index is 14.4. The van der Waals surface area contributed by atoms with Crippen LogP contribution in [0.4, 0.5) is 4.79 Å². The molecule has 4 N–H and O–H groups in total. The molecule has 210 valence electrons. The Balaban J connectivity index is 1.52. The van der Waals surface area contributed by atoms with E-state index in [2.05, 4.69) is 12.1 Å². The summed E-state index contributed by atoms with van der Waals surface area (Å²) in [6, 6.07) is 32.5. The third-order valence-corrected chi connectivity index (χ3v) is 7.77. The first kappa shape index (κ1) is 27.9. The smallest absolute Gasteiger partial charge is 0.321 e. The average Bonchev–Trinajstić information content (AvgIpc) is 2.98. The largest absolute Gasteiger partial charge is 0.508 e. The zero-order valence-corrected chi connectivity index (χ0v) is 22.8. The maximum absolute atomic E-state index is 14.4. The monoisotopic (exact) mass is 549 g/mol. The van der Waals surface area contributed by atoms with Crippen molar-refractivity contribution >= 4 is 11.9 Å². The Hall–Kier alpha value is -4.62. The summed E-state index contributed by atoms with van der Waals surface area (Å²) in [7, 11) is 0. The number of carbonyl (C=O) groups is 2. The molecule has 0 aromatic heterocycles. The lowest BCUT2D eigenvalue weighted by Crippen LogP contribution is -2.66. The highest BCUT2D eigenvalue weighted by Crippen LogP contribution is 2.31. The number of urea groups is 1. The van der Waals surface area contributed by atoms with Gasteiger partial charge in [-0.1, -0.05) is 84.9 Å². The van der Waals surface area contributed by atoms with Crippen molar-refractivity contribution < 1.29 is 19.8 Å². The fourth-order valence-electron chi connectivity index (χ4n) is 5.69. The SMILES string of the molecule is NC(=O)c1cccc(CN2C(=O)N(Cc3cccc(O)c3)[C@H](CCc3ccccc3)[C@@H](O)[C@H]2Cc2ccccc2)c1. The van der Waals surface area contributed by atoms with Gasteiger partial charge in [-0.25, -0.2) is 4.79 Å². The molecule has 3 atom stereocenters. The number of hydrogen-bond acceptors (Lipinski definition) is 4. The van der Waals surface area contributed by atoms with Gasteiger partial charge in [-0.15, -0.1) is 0 Å². The van der Waals surface area contributed by atoms with Crippen LogP contribution in [0.2, 0.25) is 0 Å². The van der Waals surface area contributed by atoms with Crippen LogP contribution in [-0.4, -0.2) is 50.1 Å². The van der Waals surface area contributed by atoms with E-state index in [1.54, 1.807) is 46.2 Å². The molecule has 1 aliphatic rings. The topological polar surface area (TPSA) is 107 Å². The van der Waals surface area contributed by atoms with Crippen LogP contribution in [0, 0.1) is 0 Å². The Labute approximate surface area is 240 Å². The highest BCUT2D eigenvalue weighted by atomic mass is 16.3. The minimum Gasteiger partial charge on any atom is -0.508 e. The lowest BCUT2D eigenvalue weighted by molar-refractivity contribution is -0.0453. The van der Waals surface area contributed by atoms with E-state index in [0.29, 0.717) is 24.8 Å². The summed E-state index contributed by atoms with van der Waals surface area (Å²) in [5.41, 5.74) is 9.56. The molecule has 1 fully saturated rings. The second-order valence-electron chi connectivity index (χ2n) is 10.6.